The zero-order valence-corrected chi connectivity index (χ0v) is 10.1. The van der Waals surface area contributed by atoms with Crippen LogP contribution in [0.1, 0.15) is 28.4 Å². The first kappa shape index (κ1) is 13.2. The Morgan fingerprint density at radius 2 is 2.06 bits per heavy atom. The third-order valence-electron chi connectivity index (χ3n) is 2.29. The van der Waals surface area contributed by atoms with E-state index >= 15 is 0 Å². The number of rotatable bonds is 5. The molecule has 0 aliphatic rings. The van der Waals surface area contributed by atoms with Gasteiger partial charge in [-0.3, -0.25) is 4.79 Å². The number of phenolic OH excluding ortho intramolecular Hbond substituents is 1. The molecule has 0 radical (unpaired) electrons. The molecule has 2 atom stereocenters. The summed E-state index contributed by atoms with van der Waals surface area (Å²) >= 11 is 3.16. The Bertz CT molecular complexity index is 367. The van der Waals surface area contributed by atoms with Gasteiger partial charge < -0.3 is 15.3 Å². The van der Waals surface area contributed by atoms with Crippen molar-refractivity contribution < 1.29 is 20.1 Å². The molecule has 0 aromatic heterocycles. The van der Waals surface area contributed by atoms with E-state index in [0.29, 0.717) is 23.6 Å². The van der Waals surface area contributed by atoms with Crippen LogP contribution < -0.4 is 0 Å². The number of benzene rings is 1. The summed E-state index contributed by atoms with van der Waals surface area (Å²) in [6, 6.07) is 4.19. The SMILES string of the molecule is O=Cc1ccc(C(O)C(O)CCBr)cc1O. The van der Waals surface area contributed by atoms with Crippen LogP contribution in [0.4, 0.5) is 0 Å². The van der Waals surface area contributed by atoms with E-state index in [4.69, 9.17) is 0 Å². The van der Waals surface area contributed by atoms with Gasteiger partial charge in [-0.1, -0.05) is 22.0 Å². The van der Waals surface area contributed by atoms with Crippen LogP contribution in [0.3, 0.4) is 0 Å². The fourth-order valence-electron chi connectivity index (χ4n) is 1.34. The topological polar surface area (TPSA) is 77.8 Å². The van der Waals surface area contributed by atoms with Crippen molar-refractivity contribution in [3.63, 3.8) is 0 Å². The molecule has 4 nitrogen and oxygen atoms in total. The first-order chi connectivity index (χ1) is 7.60. The summed E-state index contributed by atoms with van der Waals surface area (Å²) in [5.74, 6) is -0.197. The third-order valence-corrected chi connectivity index (χ3v) is 2.75. The van der Waals surface area contributed by atoms with Gasteiger partial charge in [0.05, 0.1) is 11.7 Å². The highest BCUT2D eigenvalue weighted by Gasteiger charge is 2.18. The van der Waals surface area contributed by atoms with Gasteiger partial charge in [-0.25, -0.2) is 0 Å². The number of aldehydes is 1. The Morgan fingerprint density at radius 1 is 1.38 bits per heavy atom. The molecular weight excluding hydrogens is 276 g/mol. The summed E-state index contributed by atoms with van der Waals surface area (Å²) in [7, 11) is 0. The van der Waals surface area contributed by atoms with E-state index in [9.17, 15) is 20.1 Å². The van der Waals surface area contributed by atoms with E-state index in [1.807, 2.05) is 0 Å². The summed E-state index contributed by atoms with van der Waals surface area (Å²) < 4.78 is 0. The van der Waals surface area contributed by atoms with Crippen molar-refractivity contribution in [2.75, 3.05) is 5.33 Å². The second-order valence-electron chi connectivity index (χ2n) is 3.43. The number of aliphatic hydroxyl groups excluding tert-OH is 2. The number of alkyl halides is 1. The number of carbonyl (C=O) groups is 1. The van der Waals surface area contributed by atoms with Crippen molar-refractivity contribution in [1.82, 2.24) is 0 Å². The van der Waals surface area contributed by atoms with E-state index in [1.54, 1.807) is 0 Å². The van der Waals surface area contributed by atoms with Gasteiger partial charge in [-0.15, -0.1) is 0 Å². The Hall–Kier alpha value is -0.910. The predicted molar refractivity (Wildman–Crippen MR) is 62.9 cm³/mol. The van der Waals surface area contributed by atoms with Crippen LogP contribution in [0.5, 0.6) is 5.75 Å². The average Bonchev–Trinajstić information content (AvgIpc) is 2.28. The highest BCUT2D eigenvalue weighted by molar-refractivity contribution is 9.09. The highest BCUT2D eigenvalue weighted by Crippen LogP contribution is 2.25. The molecule has 0 fully saturated rings. The molecule has 88 valence electrons. The molecule has 0 saturated heterocycles. The lowest BCUT2D eigenvalue weighted by Gasteiger charge is -2.17. The van der Waals surface area contributed by atoms with Crippen molar-refractivity contribution in [1.29, 1.82) is 0 Å². The largest absolute Gasteiger partial charge is 0.507 e. The molecule has 5 heteroatoms. The fourth-order valence-corrected chi connectivity index (χ4v) is 1.81. The molecule has 0 aliphatic carbocycles. The summed E-state index contributed by atoms with van der Waals surface area (Å²) in [5, 5.41) is 29.3. The molecule has 0 bridgehead atoms. The number of hydrogen-bond acceptors (Lipinski definition) is 4. The maximum atomic E-state index is 10.5. The van der Waals surface area contributed by atoms with Crippen LogP contribution in [0.2, 0.25) is 0 Å². The molecule has 1 aromatic rings. The summed E-state index contributed by atoms with van der Waals surface area (Å²) in [5.41, 5.74) is 0.544. The van der Waals surface area contributed by atoms with Crippen LogP contribution in [-0.4, -0.2) is 33.0 Å². The summed E-state index contributed by atoms with van der Waals surface area (Å²) in [6.45, 7) is 0. The first-order valence-corrected chi connectivity index (χ1v) is 5.92. The number of carbonyl (C=O) groups excluding carboxylic acids is 1. The van der Waals surface area contributed by atoms with Gasteiger partial charge in [0.15, 0.2) is 6.29 Å². The predicted octanol–water partition coefficient (Wildman–Crippen LogP) is 1.38. The fraction of sp³-hybridized carbons (Fsp3) is 0.364. The van der Waals surface area contributed by atoms with Gasteiger partial charge in [0.1, 0.15) is 11.9 Å². The Labute approximate surface area is 102 Å². The second kappa shape index (κ2) is 5.98. The number of hydrogen-bond donors (Lipinski definition) is 3. The van der Waals surface area contributed by atoms with Crippen molar-refractivity contribution in [3.05, 3.63) is 29.3 Å². The number of aliphatic hydroxyl groups is 2. The van der Waals surface area contributed by atoms with Crippen molar-refractivity contribution in [3.8, 4) is 5.75 Å². The molecule has 0 aliphatic heterocycles. The minimum atomic E-state index is -1.07. The van der Waals surface area contributed by atoms with Gasteiger partial charge in [0.2, 0.25) is 0 Å². The monoisotopic (exact) mass is 288 g/mol. The van der Waals surface area contributed by atoms with Crippen molar-refractivity contribution in [2.24, 2.45) is 0 Å². The van der Waals surface area contributed by atoms with Gasteiger partial charge in [0.25, 0.3) is 0 Å². The van der Waals surface area contributed by atoms with E-state index in [2.05, 4.69) is 15.9 Å². The van der Waals surface area contributed by atoms with Crippen molar-refractivity contribution in [2.45, 2.75) is 18.6 Å². The van der Waals surface area contributed by atoms with E-state index in [-0.39, 0.29) is 11.3 Å². The minimum Gasteiger partial charge on any atom is -0.507 e. The minimum absolute atomic E-state index is 0.158. The summed E-state index contributed by atoms with van der Waals surface area (Å²) in [4.78, 5) is 10.5. The lowest BCUT2D eigenvalue weighted by molar-refractivity contribution is 0.0172. The van der Waals surface area contributed by atoms with E-state index in [1.165, 1.54) is 18.2 Å². The van der Waals surface area contributed by atoms with Gasteiger partial charge in [0, 0.05) is 5.33 Å². The van der Waals surface area contributed by atoms with Crippen LogP contribution in [0, 0.1) is 0 Å². The average molecular weight is 289 g/mol. The maximum Gasteiger partial charge on any atom is 0.153 e. The van der Waals surface area contributed by atoms with Gasteiger partial charge in [-0.05, 0) is 24.1 Å². The van der Waals surface area contributed by atoms with Crippen LogP contribution in [0.25, 0.3) is 0 Å². The standard InChI is InChI=1S/C11H13BrO4/c12-4-3-9(14)11(16)7-1-2-8(6-13)10(15)5-7/h1-2,5-6,9,11,14-16H,3-4H2. The third kappa shape index (κ3) is 3.04. The van der Waals surface area contributed by atoms with E-state index in [0.717, 1.165) is 0 Å². The van der Waals surface area contributed by atoms with Crippen LogP contribution in [-0.2, 0) is 0 Å². The van der Waals surface area contributed by atoms with Gasteiger partial charge >= 0.3 is 0 Å². The Balaban J connectivity index is 2.88. The highest BCUT2D eigenvalue weighted by atomic mass is 79.9. The Morgan fingerprint density at radius 3 is 2.56 bits per heavy atom. The number of aromatic hydroxyl groups is 1. The quantitative estimate of drug-likeness (QED) is 0.565. The van der Waals surface area contributed by atoms with Crippen molar-refractivity contribution >= 4 is 22.2 Å². The van der Waals surface area contributed by atoms with Crippen LogP contribution >= 0.6 is 15.9 Å². The molecule has 3 N–H and O–H groups in total. The van der Waals surface area contributed by atoms with Gasteiger partial charge in [-0.2, -0.15) is 0 Å². The maximum absolute atomic E-state index is 10.5. The smallest absolute Gasteiger partial charge is 0.153 e. The molecule has 0 saturated carbocycles. The zero-order valence-electron chi connectivity index (χ0n) is 8.51. The molecule has 0 spiro atoms. The second-order valence-corrected chi connectivity index (χ2v) is 4.22. The van der Waals surface area contributed by atoms with Crippen LogP contribution in [0.15, 0.2) is 18.2 Å². The molecule has 0 heterocycles. The molecule has 16 heavy (non-hydrogen) atoms. The zero-order chi connectivity index (χ0) is 12.1. The van der Waals surface area contributed by atoms with E-state index < -0.39 is 12.2 Å². The Kier molecular flexibility index (Phi) is 4.92. The molecule has 2 unspecified atom stereocenters. The first-order valence-electron chi connectivity index (χ1n) is 4.80. The number of halogens is 1. The normalized spacial score (nSPS) is 14.4. The molecular formula is C11H13BrO4. The molecule has 0 amide bonds. The summed E-state index contributed by atoms with van der Waals surface area (Å²) in [6.07, 6.45) is -1.04. The lowest BCUT2D eigenvalue weighted by atomic mass is 10.0. The molecule has 1 aromatic carbocycles. The molecule has 1 rings (SSSR count). The number of phenols is 1. The lowest BCUT2D eigenvalue weighted by Crippen LogP contribution is -2.18.